The molecular weight excluding hydrogens is 214 g/mol. The summed E-state index contributed by atoms with van der Waals surface area (Å²) in [5.74, 6) is 0.0636. The summed E-state index contributed by atoms with van der Waals surface area (Å²) < 4.78 is 0. The van der Waals surface area contributed by atoms with Crippen molar-refractivity contribution in [2.45, 2.75) is 12.5 Å². The van der Waals surface area contributed by atoms with Crippen LogP contribution in [0, 0.1) is 0 Å². The van der Waals surface area contributed by atoms with E-state index in [-0.39, 0.29) is 17.9 Å². The van der Waals surface area contributed by atoms with Crippen LogP contribution in [-0.4, -0.2) is 11.9 Å². The Balaban J connectivity index is 2.27. The van der Waals surface area contributed by atoms with Gasteiger partial charge in [0.2, 0.25) is 5.91 Å². The third-order valence-corrected chi connectivity index (χ3v) is 2.45. The average Bonchev–Trinajstić information content (AvgIpc) is 2.17. The molecule has 5 heteroatoms. The highest BCUT2D eigenvalue weighted by molar-refractivity contribution is 6.30. The van der Waals surface area contributed by atoms with Gasteiger partial charge in [-0.25, -0.2) is 4.99 Å². The maximum atomic E-state index is 11.2. The number of carbonyl (C=O) groups excluding carboxylic acids is 1. The number of carbonyl (C=O) groups is 1. The molecule has 1 aliphatic heterocycles. The Hall–Kier alpha value is -1.55. The van der Waals surface area contributed by atoms with E-state index < -0.39 is 0 Å². The molecule has 0 unspecified atom stereocenters. The summed E-state index contributed by atoms with van der Waals surface area (Å²) >= 11 is 5.77. The SMILES string of the molecule is NC1=N[C@@H](c2ccc(Cl)cc2)CC(=O)N1. The molecule has 1 aromatic carbocycles. The first-order chi connectivity index (χ1) is 7.15. The molecule has 78 valence electrons. The Morgan fingerprint density at radius 3 is 2.67 bits per heavy atom. The molecule has 0 saturated carbocycles. The standard InChI is InChI=1S/C10H10ClN3O/c11-7-3-1-6(2-4-7)8-5-9(15)14-10(12)13-8/h1-4,8H,5H2,(H3,12,13,14,15)/t8-/m1/s1. The van der Waals surface area contributed by atoms with Crippen LogP contribution in [-0.2, 0) is 4.79 Å². The lowest BCUT2D eigenvalue weighted by atomic mass is 10.0. The van der Waals surface area contributed by atoms with Gasteiger partial charge in [-0.05, 0) is 17.7 Å². The third kappa shape index (κ3) is 2.27. The lowest BCUT2D eigenvalue weighted by molar-refractivity contribution is -0.120. The quantitative estimate of drug-likeness (QED) is 0.752. The number of hydrogen-bond donors (Lipinski definition) is 2. The van der Waals surface area contributed by atoms with E-state index in [1.807, 2.05) is 12.1 Å². The molecule has 0 radical (unpaired) electrons. The molecule has 0 aromatic heterocycles. The molecule has 0 bridgehead atoms. The van der Waals surface area contributed by atoms with Crippen LogP contribution in [0.2, 0.25) is 5.02 Å². The predicted molar refractivity (Wildman–Crippen MR) is 58.6 cm³/mol. The predicted octanol–water partition coefficient (Wildman–Crippen LogP) is 1.22. The lowest BCUT2D eigenvalue weighted by Gasteiger charge is -2.18. The zero-order valence-corrected chi connectivity index (χ0v) is 8.66. The number of nitrogens with two attached hydrogens (primary N) is 1. The normalized spacial score (nSPS) is 20.7. The first-order valence-corrected chi connectivity index (χ1v) is 4.91. The van der Waals surface area contributed by atoms with E-state index >= 15 is 0 Å². The van der Waals surface area contributed by atoms with Gasteiger partial charge in [0.1, 0.15) is 0 Å². The van der Waals surface area contributed by atoms with Crippen molar-refractivity contribution in [2.75, 3.05) is 0 Å². The fraction of sp³-hybridized carbons (Fsp3) is 0.200. The summed E-state index contributed by atoms with van der Waals surface area (Å²) in [6.45, 7) is 0. The fourth-order valence-corrected chi connectivity index (χ4v) is 1.62. The number of nitrogens with zero attached hydrogens (tertiary/aromatic N) is 1. The van der Waals surface area contributed by atoms with Crippen molar-refractivity contribution in [3.05, 3.63) is 34.9 Å². The van der Waals surface area contributed by atoms with Crippen molar-refractivity contribution >= 4 is 23.5 Å². The molecule has 1 heterocycles. The fourth-order valence-electron chi connectivity index (χ4n) is 1.49. The first-order valence-electron chi connectivity index (χ1n) is 4.54. The topological polar surface area (TPSA) is 67.5 Å². The maximum absolute atomic E-state index is 11.2. The summed E-state index contributed by atoms with van der Waals surface area (Å²) in [6, 6.07) is 7.05. The monoisotopic (exact) mass is 223 g/mol. The molecule has 3 N–H and O–H groups in total. The molecule has 4 nitrogen and oxygen atoms in total. The number of hydrogen-bond acceptors (Lipinski definition) is 3. The summed E-state index contributed by atoms with van der Waals surface area (Å²) in [5.41, 5.74) is 6.42. The van der Waals surface area contributed by atoms with Crippen molar-refractivity contribution < 1.29 is 4.79 Å². The van der Waals surface area contributed by atoms with Crippen LogP contribution < -0.4 is 11.1 Å². The second-order valence-corrected chi connectivity index (χ2v) is 3.77. The highest BCUT2D eigenvalue weighted by Crippen LogP contribution is 2.24. The van der Waals surface area contributed by atoms with Gasteiger partial charge in [-0.1, -0.05) is 23.7 Å². The van der Waals surface area contributed by atoms with Gasteiger partial charge in [0.15, 0.2) is 5.96 Å². The number of benzene rings is 1. The molecule has 0 spiro atoms. The van der Waals surface area contributed by atoms with E-state index in [0.717, 1.165) is 5.56 Å². The number of amides is 1. The van der Waals surface area contributed by atoms with Crippen LogP contribution in [0.4, 0.5) is 0 Å². The lowest BCUT2D eigenvalue weighted by Crippen LogP contribution is -2.41. The van der Waals surface area contributed by atoms with E-state index in [0.29, 0.717) is 11.4 Å². The minimum atomic E-state index is -0.198. The number of rotatable bonds is 1. The van der Waals surface area contributed by atoms with Crippen LogP contribution in [0.25, 0.3) is 0 Å². The summed E-state index contributed by atoms with van der Waals surface area (Å²) in [6.07, 6.45) is 0.322. The molecule has 2 rings (SSSR count). The van der Waals surface area contributed by atoms with Gasteiger partial charge >= 0.3 is 0 Å². The summed E-state index contributed by atoms with van der Waals surface area (Å²) in [4.78, 5) is 15.4. The Labute approximate surface area is 92.1 Å². The van der Waals surface area contributed by atoms with E-state index in [1.165, 1.54) is 0 Å². The van der Waals surface area contributed by atoms with Crippen molar-refractivity contribution in [1.29, 1.82) is 0 Å². The Morgan fingerprint density at radius 1 is 1.40 bits per heavy atom. The molecule has 1 amide bonds. The van der Waals surface area contributed by atoms with E-state index in [4.69, 9.17) is 17.3 Å². The summed E-state index contributed by atoms with van der Waals surface area (Å²) in [5, 5.41) is 3.12. The minimum absolute atomic E-state index is 0.109. The molecule has 0 aliphatic carbocycles. The number of aliphatic imine (C=N–C) groups is 1. The van der Waals surface area contributed by atoms with Crippen molar-refractivity contribution in [3.63, 3.8) is 0 Å². The third-order valence-electron chi connectivity index (χ3n) is 2.20. The van der Waals surface area contributed by atoms with Crippen molar-refractivity contribution in [1.82, 2.24) is 5.32 Å². The smallest absolute Gasteiger partial charge is 0.229 e. The second kappa shape index (κ2) is 3.90. The average molecular weight is 224 g/mol. The van der Waals surface area contributed by atoms with Crippen LogP contribution in [0.3, 0.4) is 0 Å². The van der Waals surface area contributed by atoms with Gasteiger partial charge in [0.25, 0.3) is 0 Å². The minimum Gasteiger partial charge on any atom is -0.370 e. The van der Waals surface area contributed by atoms with Gasteiger partial charge in [0, 0.05) is 5.02 Å². The van der Waals surface area contributed by atoms with Crippen molar-refractivity contribution in [2.24, 2.45) is 10.7 Å². The van der Waals surface area contributed by atoms with Crippen LogP contribution in [0.5, 0.6) is 0 Å². The number of guanidine groups is 1. The Bertz CT molecular complexity index is 413. The maximum Gasteiger partial charge on any atom is 0.229 e. The molecule has 1 aromatic rings. The largest absolute Gasteiger partial charge is 0.370 e. The summed E-state index contributed by atoms with van der Waals surface area (Å²) in [7, 11) is 0. The highest BCUT2D eigenvalue weighted by atomic mass is 35.5. The van der Waals surface area contributed by atoms with Gasteiger partial charge in [-0.3, -0.25) is 10.1 Å². The first kappa shape index (κ1) is 9.98. The Kier molecular flexibility index (Phi) is 2.60. The molecule has 15 heavy (non-hydrogen) atoms. The highest BCUT2D eigenvalue weighted by Gasteiger charge is 2.20. The van der Waals surface area contributed by atoms with Gasteiger partial charge in [-0.15, -0.1) is 0 Å². The molecular formula is C10H10ClN3O. The van der Waals surface area contributed by atoms with Crippen LogP contribution in [0.1, 0.15) is 18.0 Å². The van der Waals surface area contributed by atoms with E-state index in [2.05, 4.69) is 10.3 Å². The molecule has 0 saturated heterocycles. The van der Waals surface area contributed by atoms with Gasteiger partial charge in [-0.2, -0.15) is 0 Å². The number of halogens is 1. The second-order valence-electron chi connectivity index (χ2n) is 3.33. The zero-order chi connectivity index (χ0) is 10.8. The zero-order valence-electron chi connectivity index (χ0n) is 7.90. The van der Waals surface area contributed by atoms with Crippen LogP contribution >= 0.6 is 11.6 Å². The van der Waals surface area contributed by atoms with Crippen molar-refractivity contribution in [3.8, 4) is 0 Å². The number of nitrogens with one attached hydrogen (secondary N) is 1. The molecule has 1 aliphatic rings. The molecule has 0 fully saturated rings. The van der Waals surface area contributed by atoms with Gasteiger partial charge < -0.3 is 5.73 Å². The van der Waals surface area contributed by atoms with Gasteiger partial charge in [0.05, 0.1) is 12.5 Å². The Morgan fingerprint density at radius 2 is 2.07 bits per heavy atom. The van der Waals surface area contributed by atoms with E-state index in [1.54, 1.807) is 12.1 Å². The van der Waals surface area contributed by atoms with E-state index in [9.17, 15) is 4.79 Å². The van der Waals surface area contributed by atoms with Crippen LogP contribution in [0.15, 0.2) is 29.3 Å². The molecule has 1 atom stereocenters.